The van der Waals surface area contributed by atoms with Crippen molar-refractivity contribution >= 4 is 38.3 Å². The lowest BCUT2D eigenvalue weighted by Crippen LogP contribution is -2.30. The van der Waals surface area contributed by atoms with Crippen LogP contribution in [0.4, 0.5) is 9.52 Å². The van der Waals surface area contributed by atoms with Gasteiger partial charge in [-0.1, -0.05) is 0 Å². The van der Waals surface area contributed by atoms with Crippen LogP contribution in [0.2, 0.25) is 0 Å². The molecule has 0 saturated carbocycles. The van der Waals surface area contributed by atoms with Crippen LogP contribution in [0, 0.1) is 5.82 Å². The Hall–Kier alpha value is -2.65. The highest BCUT2D eigenvalue weighted by Crippen LogP contribution is 2.36. The Morgan fingerprint density at radius 1 is 1.29 bits per heavy atom. The van der Waals surface area contributed by atoms with Crippen LogP contribution in [0.3, 0.4) is 0 Å². The second-order valence-electron chi connectivity index (χ2n) is 5.93. The van der Waals surface area contributed by atoms with Crippen molar-refractivity contribution in [3.05, 3.63) is 52.1 Å². The van der Waals surface area contributed by atoms with E-state index in [0.29, 0.717) is 32.5 Å². The monoisotopic (exact) mass is 464 g/mol. The summed E-state index contributed by atoms with van der Waals surface area (Å²) < 4.78 is 29.9. The third kappa shape index (κ3) is 3.95. The van der Waals surface area contributed by atoms with Gasteiger partial charge in [0.1, 0.15) is 11.6 Å². The highest BCUT2D eigenvalue weighted by molar-refractivity contribution is 9.10. The molecule has 3 aromatic rings. The summed E-state index contributed by atoms with van der Waals surface area (Å²) in [6.45, 7) is 1.82. The molecule has 1 aromatic heterocycles. The molecular weight excluding hydrogens is 451 g/mol. The maximum atomic E-state index is 13.2. The SMILES string of the molecule is CC(Oc1ccc(F)cc1Br)C(=O)Nc1nc(-c2ccc3c(c2)OCO3)cs1. The maximum absolute atomic E-state index is 13.2. The van der Waals surface area contributed by atoms with Crippen molar-refractivity contribution < 1.29 is 23.4 Å². The van der Waals surface area contributed by atoms with Gasteiger partial charge in [-0.3, -0.25) is 10.1 Å². The standard InChI is InChI=1S/C19H14BrFN2O4S/c1-10(27-15-5-3-12(21)7-13(15)20)18(24)23-19-22-14(8-28-19)11-2-4-16-17(6-11)26-9-25-16/h2-8,10H,9H2,1H3,(H,22,23,24). The summed E-state index contributed by atoms with van der Waals surface area (Å²) in [5.41, 5.74) is 1.58. The maximum Gasteiger partial charge on any atom is 0.266 e. The van der Waals surface area contributed by atoms with Crippen LogP contribution < -0.4 is 19.5 Å². The summed E-state index contributed by atoms with van der Waals surface area (Å²) in [5, 5.41) is 5.03. The summed E-state index contributed by atoms with van der Waals surface area (Å²) >= 11 is 4.52. The molecule has 4 rings (SSSR count). The lowest BCUT2D eigenvalue weighted by Gasteiger charge is -2.14. The number of amides is 1. The van der Waals surface area contributed by atoms with Crippen LogP contribution in [0.1, 0.15) is 6.92 Å². The minimum Gasteiger partial charge on any atom is -0.480 e. The topological polar surface area (TPSA) is 69.7 Å². The van der Waals surface area contributed by atoms with Gasteiger partial charge in [-0.25, -0.2) is 9.37 Å². The van der Waals surface area contributed by atoms with E-state index in [1.807, 2.05) is 23.6 Å². The van der Waals surface area contributed by atoms with Crippen LogP contribution in [0.25, 0.3) is 11.3 Å². The fourth-order valence-corrected chi connectivity index (χ4v) is 3.71. The molecule has 1 aliphatic heterocycles. The number of carbonyl (C=O) groups excluding carboxylic acids is 1. The van der Waals surface area contributed by atoms with Crippen LogP contribution in [-0.2, 0) is 4.79 Å². The van der Waals surface area contributed by atoms with Gasteiger partial charge in [-0.05, 0) is 59.3 Å². The fourth-order valence-electron chi connectivity index (χ4n) is 2.54. The number of nitrogens with zero attached hydrogens (tertiary/aromatic N) is 1. The minimum atomic E-state index is -0.792. The molecule has 6 nitrogen and oxygen atoms in total. The zero-order chi connectivity index (χ0) is 19.7. The van der Waals surface area contributed by atoms with E-state index in [1.165, 1.54) is 29.5 Å². The number of nitrogens with one attached hydrogen (secondary N) is 1. The Morgan fingerprint density at radius 2 is 2.11 bits per heavy atom. The van der Waals surface area contributed by atoms with Crippen molar-refractivity contribution in [1.29, 1.82) is 0 Å². The quantitative estimate of drug-likeness (QED) is 0.584. The number of hydrogen-bond donors (Lipinski definition) is 1. The largest absolute Gasteiger partial charge is 0.480 e. The molecule has 2 heterocycles. The first-order valence-corrected chi connectivity index (χ1v) is 9.95. The number of fused-ring (bicyclic) bond motifs is 1. The van der Waals surface area contributed by atoms with Gasteiger partial charge in [0, 0.05) is 10.9 Å². The average Bonchev–Trinajstić information content (AvgIpc) is 3.32. The third-order valence-corrected chi connectivity index (χ3v) is 5.35. The van der Waals surface area contributed by atoms with Gasteiger partial charge >= 0.3 is 0 Å². The van der Waals surface area contributed by atoms with Gasteiger partial charge in [0.15, 0.2) is 22.7 Å². The predicted molar refractivity (Wildman–Crippen MR) is 106 cm³/mol. The molecular formula is C19H14BrFN2O4S. The molecule has 1 aliphatic rings. The molecule has 0 saturated heterocycles. The molecule has 1 atom stereocenters. The lowest BCUT2D eigenvalue weighted by atomic mass is 10.1. The molecule has 0 radical (unpaired) electrons. The van der Waals surface area contributed by atoms with Gasteiger partial charge in [-0.15, -0.1) is 11.3 Å². The van der Waals surface area contributed by atoms with Gasteiger partial charge < -0.3 is 14.2 Å². The number of halogens is 2. The predicted octanol–water partition coefficient (Wildman–Crippen LogP) is 4.85. The zero-order valence-electron chi connectivity index (χ0n) is 14.6. The van der Waals surface area contributed by atoms with Gasteiger partial charge in [0.25, 0.3) is 5.91 Å². The average molecular weight is 465 g/mol. The molecule has 9 heteroatoms. The Bertz CT molecular complexity index is 1040. The number of aromatic nitrogens is 1. The van der Waals surface area contributed by atoms with Crippen LogP contribution in [0.5, 0.6) is 17.2 Å². The molecule has 1 amide bonds. The van der Waals surface area contributed by atoms with Gasteiger partial charge in [-0.2, -0.15) is 0 Å². The minimum absolute atomic E-state index is 0.208. The zero-order valence-corrected chi connectivity index (χ0v) is 17.0. The van der Waals surface area contributed by atoms with E-state index in [0.717, 1.165) is 5.56 Å². The highest BCUT2D eigenvalue weighted by atomic mass is 79.9. The first-order chi connectivity index (χ1) is 13.5. The molecule has 1 N–H and O–H groups in total. The molecule has 0 spiro atoms. The number of carbonyl (C=O) groups is 1. The number of hydrogen-bond acceptors (Lipinski definition) is 6. The Kier molecular flexibility index (Phi) is 5.19. The Labute approximate surface area is 172 Å². The smallest absolute Gasteiger partial charge is 0.266 e. The van der Waals surface area contributed by atoms with E-state index in [-0.39, 0.29) is 12.7 Å². The van der Waals surface area contributed by atoms with Gasteiger partial charge in [0.2, 0.25) is 6.79 Å². The highest BCUT2D eigenvalue weighted by Gasteiger charge is 2.19. The van der Waals surface area contributed by atoms with Crippen molar-refractivity contribution in [2.24, 2.45) is 0 Å². The molecule has 0 aliphatic carbocycles. The summed E-state index contributed by atoms with van der Waals surface area (Å²) in [4.78, 5) is 16.8. The second kappa shape index (κ2) is 7.76. The molecule has 2 aromatic carbocycles. The van der Waals surface area contributed by atoms with Crippen molar-refractivity contribution in [1.82, 2.24) is 4.98 Å². The number of thiazole rings is 1. The summed E-state index contributed by atoms with van der Waals surface area (Å²) in [7, 11) is 0. The van der Waals surface area contributed by atoms with Crippen LogP contribution >= 0.6 is 27.3 Å². The fraction of sp³-hybridized carbons (Fsp3) is 0.158. The summed E-state index contributed by atoms with van der Waals surface area (Å²) in [5.74, 6) is 0.996. The van der Waals surface area contributed by atoms with E-state index in [4.69, 9.17) is 14.2 Å². The second-order valence-corrected chi connectivity index (χ2v) is 7.64. The van der Waals surface area contributed by atoms with E-state index < -0.39 is 11.9 Å². The first kappa shape index (κ1) is 18.7. The summed E-state index contributed by atoms with van der Waals surface area (Å²) in [6.07, 6.45) is -0.792. The van der Waals surface area contributed by atoms with Crippen molar-refractivity contribution in [3.63, 3.8) is 0 Å². The molecule has 0 bridgehead atoms. The van der Waals surface area contributed by atoms with E-state index in [1.54, 1.807) is 6.92 Å². The molecule has 0 fully saturated rings. The van der Waals surface area contributed by atoms with Crippen LogP contribution in [0.15, 0.2) is 46.3 Å². The van der Waals surface area contributed by atoms with Crippen molar-refractivity contribution in [3.8, 4) is 28.5 Å². The number of rotatable bonds is 5. The molecule has 1 unspecified atom stereocenters. The van der Waals surface area contributed by atoms with Gasteiger partial charge in [0.05, 0.1) is 10.2 Å². The van der Waals surface area contributed by atoms with Crippen molar-refractivity contribution in [2.45, 2.75) is 13.0 Å². The van der Waals surface area contributed by atoms with Crippen LogP contribution in [-0.4, -0.2) is 23.8 Å². The first-order valence-electron chi connectivity index (χ1n) is 8.28. The molecule has 144 valence electrons. The summed E-state index contributed by atoms with van der Waals surface area (Å²) in [6, 6.07) is 9.56. The Balaban J connectivity index is 1.42. The number of anilines is 1. The third-order valence-electron chi connectivity index (χ3n) is 3.97. The van der Waals surface area contributed by atoms with Crippen molar-refractivity contribution in [2.75, 3.05) is 12.1 Å². The lowest BCUT2D eigenvalue weighted by molar-refractivity contribution is -0.122. The number of ether oxygens (including phenoxy) is 3. The molecule has 28 heavy (non-hydrogen) atoms. The van der Waals surface area contributed by atoms with E-state index in [9.17, 15) is 9.18 Å². The van der Waals surface area contributed by atoms with E-state index >= 15 is 0 Å². The Morgan fingerprint density at radius 3 is 2.93 bits per heavy atom. The normalized spacial score (nSPS) is 13.2. The number of benzene rings is 2. The van der Waals surface area contributed by atoms with E-state index in [2.05, 4.69) is 26.2 Å².